The lowest BCUT2D eigenvalue weighted by molar-refractivity contribution is -0.143. The van der Waals surface area contributed by atoms with Crippen molar-refractivity contribution >= 4 is 35.3 Å². The minimum absolute atomic E-state index is 0.0430. The van der Waals surface area contributed by atoms with Crippen LogP contribution in [0, 0.1) is 5.92 Å². The maximum Gasteiger partial charge on any atom is 0.326 e. The summed E-state index contributed by atoms with van der Waals surface area (Å²) >= 11 is 0. The van der Waals surface area contributed by atoms with Crippen molar-refractivity contribution in [2.45, 2.75) is 116 Å². The second kappa shape index (κ2) is 20.2. The Balaban J connectivity index is 2.56. The lowest BCUT2D eigenvalue weighted by atomic mass is 9.88. The van der Waals surface area contributed by atoms with Gasteiger partial charge in [-0.2, -0.15) is 0 Å². The minimum atomic E-state index is -1.26. The van der Waals surface area contributed by atoms with Gasteiger partial charge in [-0.3, -0.25) is 24.0 Å². The van der Waals surface area contributed by atoms with Crippen LogP contribution in [0.3, 0.4) is 0 Å². The Morgan fingerprint density at radius 1 is 0.778 bits per heavy atom. The highest BCUT2D eigenvalue weighted by Gasteiger charge is 2.35. The lowest BCUT2D eigenvalue weighted by Crippen LogP contribution is -2.56. The Hall–Kier alpha value is -2.94. The Morgan fingerprint density at radius 2 is 1.40 bits per heavy atom. The molecule has 0 bridgehead atoms. The van der Waals surface area contributed by atoms with Crippen LogP contribution in [-0.4, -0.2) is 108 Å². The first-order valence-corrected chi connectivity index (χ1v) is 15.9. The molecule has 6 N–H and O–H groups in total. The number of aliphatic carboxylic acids is 2. The molecular formula is C31H54N4O10. The summed E-state index contributed by atoms with van der Waals surface area (Å²) in [6, 6.07) is -2.39. The van der Waals surface area contributed by atoms with E-state index in [1.807, 2.05) is 6.92 Å². The van der Waals surface area contributed by atoms with Gasteiger partial charge in [0.25, 0.3) is 0 Å². The SMILES string of the molecule is CCNC(C)(C)C(=O)COCCOCCNC(C)(C)C(=O)C(CCC(=O)O)NC(=O)CCC(NC(=O)C1CCCCC1)C(=O)O. The fraction of sp³-hybridized carbons (Fsp3) is 0.806. The van der Waals surface area contributed by atoms with Gasteiger partial charge in [-0.1, -0.05) is 26.2 Å². The largest absolute Gasteiger partial charge is 0.481 e. The van der Waals surface area contributed by atoms with E-state index in [1.54, 1.807) is 27.7 Å². The van der Waals surface area contributed by atoms with E-state index in [0.29, 0.717) is 19.4 Å². The average molecular weight is 643 g/mol. The first kappa shape index (κ1) is 40.1. The molecule has 0 aromatic rings. The number of likely N-dealkylation sites (N-methyl/N-ethyl adjacent to an activating group) is 1. The molecule has 2 unspecified atom stereocenters. The number of hydrogen-bond donors (Lipinski definition) is 6. The van der Waals surface area contributed by atoms with E-state index in [0.717, 1.165) is 19.3 Å². The fourth-order valence-corrected chi connectivity index (χ4v) is 5.05. The first-order valence-electron chi connectivity index (χ1n) is 15.9. The van der Waals surface area contributed by atoms with E-state index < -0.39 is 46.8 Å². The van der Waals surface area contributed by atoms with Crippen molar-refractivity contribution in [3.05, 3.63) is 0 Å². The molecule has 0 spiro atoms. The first-order chi connectivity index (χ1) is 21.1. The van der Waals surface area contributed by atoms with Crippen LogP contribution in [0.5, 0.6) is 0 Å². The van der Waals surface area contributed by atoms with E-state index >= 15 is 0 Å². The molecule has 0 aromatic heterocycles. The molecule has 0 heterocycles. The molecule has 45 heavy (non-hydrogen) atoms. The minimum Gasteiger partial charge on any atom is -0.481 e. The van der Waals surface area contributed by atoms with Crippen molar-refractivity contribution in [2.75, 3.05) is 39.5 Å². The van der Waals surface area contributed by atoms with Gasteiger partial charge in [0, 0.05) is 25.3 Å². The van der Waals surface area contributed by atoms with Gasteiger partial charge in [0.15, 0.2) is 11.6 Å². The quantitative estimate of drug-likeness (QED) is 0.0821. The Morgan fingerprint density at radius 3 is 2.00 bits per heavy atom. The normalized spacial score (nSPS) is 15.6. The molecule has 1 aliphatic carbocycles. The van der Waals surface area contributed by atoms with E-state index in [-0.39, 0.29) is 76.3 Å². The maximum atomic E-state index is 13.4. The van der Waals surface area contributed by atoms with Gasteiger partial charge in [-0.15, -0.1) is 0 Å². The molecular weight excluding hydrogens is 588 g/mol. The zero-order chi connectivity index (χ0) is 34.0. The van der Waals surface area contributed by atoms with Crippen LogP contribution in [-0.2, 0) is 38.2 Å². The number of rotatable bonds is 24. The number of ketones is 2. The molecule has 2 amide bonds. The molecule has 0 radical (unpaired) electrons. The molecule has 14 heteroatoms. The highest BCUT2D eigenvalue weighted by Crippen LogP contribution is 2.24. The monoisotopic (exact) mass is 642 g/mol. The summed E-state index contributed by atoms with van der Waals surface area (Å²) in [4.78, 5) is 73.8. The van der Waals surface area contributed by atoms with Crippen molar-refractivity contribution < 1.29 is 48.5 Å². The fourth-order valence-electron chi connectivity index (χ4n) is 5.05. The average Bonchev–Trinajstić information content (AvgIpc) is 2.98. The predicted molar refractivity (Wildman–Crippen MR) is 166 cm³/mol. The summed E-state index contributed by atoms with van der Waals surface area (Å²) in [7, 11) is 0. The third-order valence-corrected chi connectivity index (χ3v) is 7.90. The van der Waals surface area contributed by atoms with Crippen LogP contribution in [0.4, 0.5) is 0 Å². The summed E-state index contributed by atoms with van der Waals surface area (Å²) in [6.45, 7) is 10.3. The van der Waals surface area contributed by atoms with E-state index in [4.69, 9.17) is 9.47 Å². The summed E-state index contributed by atoms with van der Waals surface area (Å²) in [5, 5.41) is 30.0. The zero-order valence-corrected chi connectivity index (χ0v) is 27.5. The molecule has 0 saturated heterocycles. The van der Waals surface area contributed by atoms with Crippen molar-refractivity contribution in [1.29, 1.82) is 0 Å². The predicted octanol–water partition coefficient (Wildman–Crippen LogP) is 1.19. The lowest BCUT2D eigenvalue weighted by Gasteiger charge is -2.30. The Bertz CT molecular complexity index is 995. The van der Waals surface area contributed by atoms with E-state index in [1.165, 1.54) is 0 Å². The molecule has 2 atom stereocenters. The highest BCUT2D eigenvalue weighted by molar-refractivity contribution is 5.95. The maximum absolute atomic E-state index is 13.4. The second-order valence-electron chi connectivity index (χ2n) is 12.5. The standard InChI is InChI=1S/C31H54N4O10/c1-6-32-30(2,3)24(36)20-45-19-18-44-17-16-33-31(4,5)27(40)22(13-15-26(38)39)34-25(37)14-12-23(29(42)43)35-28(41)21-10-8-7-9-11-21/h21-23,32-33H,6-20H2,1-5H3,(H,34,37)(H,35,41)(H,38,39)(H,42,43). The number of amides is 2. The Kier molecular flexibility index (Phi) is 18.0. The summed E-state index contributed by atoms with van der Waals surface area (Å²) in [6.07, 6.45) is 3.31. The zero-order valence-electron chi connectivity index (χ0n) is 27.5. The van der Waals surface area contributed by atoms with Crippen LogP contribution in [0.25, 0.3) is 0 Å². The number of carbonyl (C=O) groups excluding carboxylic acids is 4. The number of ether oxygens (including phenoxy) is 2. The number of carboxylic acids is 2. The van der Waals surface area contributed by atoms with Gasteiger partial charge >= 0.3 is 11.9 Å². The topological polar surface area (TPSA) is 209 Å². The van der Waals surface area contributed by atoms with Crippen LogP contribution in [0.15, 0.2) is 0 Å². The molecule has 1 fully saturated rings. The van der Waals surface area contributed by atoms with Gasteiger partial charge in [0.05, 0.1) is 36.9 Å². The molecule has 14 nitrogen and oxygen atoms in total. The molecule has 0 aromatic carbocycles. The van der Waals surface area contributed by atoms with Crippen molar-refractivity contribution in [3.63, 3.8) is 0 Å². The van der Waals surface area contributed by atoms with Gasteiger partial charge in [0.2, 0.25) is 11.8 Å². The van der Waals surface area contributed by atoms with Crippen molar-refractivity contribution in [3.8, 4) is 0 Å². The number of carboxylic acid groups (broad SMARTS) is 2. The van der Waals surface area contributed by atoms with Crippen LogP contribution in [0.1, 0.15) is 92.4 Å². The molecule has 0 aliphatic heterocycles. The van der Waals surface area contributed by atoms with Crippen molar-refractivity contribution in [2.24, 2.45) is 5.92 Å². The summed E-state index contributed by atoms with van der Waals surface area (Å²) in [5.74, 6) is -4.10. The number of Topliss-reactive ketones (excluding diaryl/α,β-unsaturated/α-hetero) is 2. The van der Waals surface area contributed by atoms with E-state index in [9.17, 15) is 39.0 Å². The second-order valence-corrected chi connectivity index (χ2v) is 12.5. The van der Waals surface area contributed by atoms with Crippen LogP contribution < -0.4 is 21.3 Å². The van der Waals surface area contributed by atoms with Gasteiger partial charge < -0.3 is 41.0 Å². The Labute approximate surface area is 266 Å². The third kappa shape index (κ3) is 15.8. The summed E-state index contributed by atoms with van der Waals surface area (Å²) in [5.41, 5.74) is -1.83. The molecule has 258 valence electrons. The molecule has 1 rings (SSSR count). The van der Waals surface area contributed by atoms with Gasteiger partial charge in [-0.05, 0) is 59.9 Å². The highest BCUT2D eigenvalue weighted by atomic mass is 16.5. The summed E-state index contributed by atoms with van der Waals surface area (Å²) < 4.78 is 10.9. The van der Waals surface area contributed by atoms with Crippen molar-refractivity contribution in [1.82, 2.24) is 21.3 Å². The molecule has 1 saturated carbocycles. The third-order valence-electron chi connectivity index (χ3n) is 7.90. The number of nitrogens with one attached hydrogen (secondary N) is 4. The number of hydrogen-bond acceptors (Lipinski definition) is 10. The van der Waals surface area contributed by atoms with Gasteiger partial charge in [-0.25, -0.2) is 4.79 Å². The van der Waals surface area contributed by atoms with E-state index in [2.05, 4.69) is 21.3 Å². The number of carbonyl (C=O) groups is 6. The smallest absolute Gasteiger partial charge is 0.326 e. The van der Waals surface area contributed by atoms with Gasteiger partial charge in [0.1, 0.15) is 12.6 Å². The van der Waals surface area contributed by atoms with Crippen LogP contribution >= 0.6 is 0 Å². The van der Waals surface area contributed by atoms with Crippen LogP contribution in [0.2, 0.25) is 0 Å². The molecule has 1 aliphatic rings.